The van der Waals surface area contributed by atoms with Gasteiger partial charge in [-0.1, -0.05) is 11.8 Å². The molecule has 1 aromatic heterocycles. The third-order valence-electron chi connectivity index (χ3n) is 2.49. The summed E-state index contributed by atoms with van der Waals surface area (Å²) in [4.78, 5) is 8.26. The summed E-state index contributed by atoms with van der Waals surface area (Å²) < 4.78 is 22.6. The number of sulfone groups is 1. The van der Waals surface area contributed by atoms with Gasteiger partial charge in [-0.05, 0) is 12.7 Å². The molecular weight excluding hydrogens is 260 g/mol. The zero-order valence-electron chi connectivity index (χ0n) is 9.38. The number of nitrogens with two attached hydrogens (primary N) is 1. The fourth-order valence-electron chi connectivity index (χ4n) is 1.73. The van der Waals surface area contributed by atoms with E-state index in [-0.39, 0.29) is 17.5 Å². The molecule has 0 bridgehead atoms. The first-order chi connectivity index (χ1) is 7.98. The monoisotopic (exact) mass is 274 g/mol. The fraction of sp³-hybridized carbons (Fsp3) is 0.556. The van der Waals surface area contributed by atoms with E-state index in [2.05, 4.69) is 15.3 Å². The van der Waals surface area contributed by atoms with Crippen molar-refractivity contribution in [2.75, 3.05) is 28.8 Å². The molecule has 3 N–H and O–H groups in total. The Kier molecular flexibility index (Phi) is 3.43. The number of aromatic nitrogens is 2. The standard InChI is InChI=1S/C9H14N4O2S2/c1-16-9-12-7(10)4-8(13-9)11-6-2-3-17(14,15)5-6/h4,6H,2-3,5H2,1H3,(H3,10,11,12,13). The van der Waals surface area contributed by atoms with Crippen molar-refractivity contribution in [3.63, 3.8) is 0 Å². The summed E-state index contributed by atoms with van der Waals surface area (Å²) in [6.07, 6.45) is 2.47. The number of hydrogen-bond donors (Lipinski definition) is 2. The predicted molar refractivity (Wildman–Crippen MR) is 68.9 cm³/mol. The Balaban J connectivity index is 2.11. The number of nitrogens with zero attached hydrogens (tertiary/aromatic N) is 2. The maximum absolute atomic E-state index is 11.3. The highest BCUT2D eigenvalue weighted by Gasteiger charge is 2.28. The second-order valence-electron chi connectivity index (χ2n) is 3.91. The first-order valence-electron chi connectivity index (χ1n) is 5.14. The van der Waals surface area contributed by atoms with Gasteiger partial charge >= 0.3 is 0 Å². The van der Waals surface area contributed by atoms with E-state index < -0.39 is 9.84 Å². The van der Waals surface area contributed by atoms with Gasteiger partial charge in [0.1, 0.15) is 11.6 Å². The smallest absolute Gasteiger partial charge is 0.191 e. The molecule has 2 heterocycles. The van der Waals surface area contributed by atoms with Crippen molar-refractivity contribution in [2.24, 2.45) is 0 Å². The topological polar surface area (TPSA) is 98.0 Å². The summed E-state index contributed by atoms with van der Waals surface area (Å²) in [5.41, 5.74) is 5.64. The normalized spacial score (nSPS) is 22.5. The quantitative estimate of drug-likeness (QED) is 0.607. The van der Waals surface area contributed by atoms with Crippen molar-refractivity contribution in [2.45, 2.75) is 17.6 Å². The van der Waals surface area contributed by atoms with Crippen LogP contribution in [0.5, 0.6) is 0 Å². The van der Waals surface area contributed by atoms with Gasteiger partial charge in [-0.25, -0.2) is 18.4 Å². The van der Waals surface area contributed by atoms with Gasteiger partial charge in [0.25, 0.3) is 0 Å². The van der Waals surface area contributed by atoms with Gasteiger partial charge < -0.3 is 11.1 Å². The van der Waals surface area contributed by atoms with Crippen LogP contribution in [0.1, 0.15) is 6.42 Å². The molecule has 1 atom stereocenters. The molecule has 1 aliphatic rings. The van der Waals surface area contributed by atoms with E-state index in [1.165, 1.54) is 11.8 Å². The minimum absolute atomic E-state index is 0.0796. The molecular formula is C9H14N4O2S2. The van der Waals surface area contributed by atoms with Gasteiger partial charge in [0, 0.05) is 12.1 Å². The van der Waals surface area contributed by atoms with Crippen LogP contribution in [-0.2, 0) is 9.84 Å². The van der Waals surface area contributed by atoms with Crippen LogP contribution in [0.25, 0.3) is 0 Å². The molecule has 1 unspecified atom stereocenters. The van der Waals surface area contributed by atoms with E-state index in [0.29, 0.717) is 23.2 Å². The Morgan fingerprint density at radius 2 is 2.29 bits per heavy atom. The summed E-state index contributed by atoms with van der Waals surface area (Å²) in [6, 6.07) is 1.54. The molecule has 1 aromatic rings. The minimum atomic E-state index is -2.88. The van der Waals surface area contributed by atoms with E-state index in [1.807, 2.05) is 6.26 Å². The fourth-order valence-corrected chi connectivity index (χ4v) is 3.79. The largest absolute Gasteiger partial charge is 0.383 e. The maximum Gasteiger partial charge on any atom is 0.191 e. The molecule has 0 saturated carbocycles. The third-order valence-corrected chi connectivity index (χ3v) is 4.81. The molecule has 6 nitrogen and oxygen atoms in total. The van der Waals surface area contributed by atoms with Crippen molar-refractivity contribution in [1.82, 2.24) is 9.97 Å². The van der Waals surface area contributed by atoms with E-state index >= 15 is 0 Å². The summed E-state index contributed by atoms with van der Waals surface area (Å²) in [6.45, 7) is 0. The number of rotatable bonds is 3. The van der Waals surface area contributed by atoms with E-state index in [9.17, 15) is 8.42 Å². The molecule has 2 rings (SSSR count). The molecule has 1 aliphatic heterocycles. The van der Waals surface area contributed by atoms with Crippen LogP contribution in [0.3, 0.4) is 0 Å². The number of anilines is 2. The zero-order valence-corrected chi connectivity index (χ0v) is 11.0. The Morgan fingerprint density at radius 1 is 1.53 bits per heavy atom. The lowest BCUT2D eigenvalue weighted by molar-refractivity contribution is 0.602. The Morgan fingerprint density at radius 3 is 2.88 bits per heavy atom. The molecule has 0 radical (unpaired) electrons. The van der Waals surface area contributed by atoms with Crippen LogP contribution in [0, 0.1) is 0 Å². The lowest BCUT2D eigenvalue weighted by atomic mass is 10.2. The maximum atomic E-state index is 11.3. The molecule has 0 aliphatic carbocycles. The number of hydrogen-bond acceptors (Lipinski definition) is 7. The lowest BCUT2D eigenvalue weighted by Gasteiger charge is -2.12. The Bertz CT molecular complexity index is 518. The van der Waals surface area contributed by atoms with Gasteiger partial charge in [-0.3, -0.25) is 0 Å². The molecule has 1 fully saturated rings. The summed E-state index contributed by atoms with van der Waals surface area (Å²) >= 11 is 1.39. The van der Waals surface area contributed by atoms with Crippen LogP contribution < -0.4 is 11.1 Å². The molecule has 94 valence electrons. The summed E-state index contributed by atoms with van der Waals surface area (Å²) in [7, 11) is -2.88. The molecule has 1 saturated heterocycles. The highest BCUT2D eigenvalue weighted by atomic mass is 32.2. The number of nitrogen functional groups attached to an aromatic ring is 1. The number of thioether (sulfide) groups is 1. The second kappa shape index (κ2) is 4.69. The molecule has 8 heteroatoms. The van der Waals surface area contributed by atoms with Crippen LogP contribution in [-0.4, -0.2) is 42.2 Å². The van der Waals surface area contributed by atoms with Gasteiger partial charge in [-0.15, -0.1) is 0 Å². The van der Waals surface area contributed by atoms with E-state index in [1.54, 1.807) is 6.07 Å². The van der Waals surface area contributed by atoms with Gasteiger partial charge in [0.05, 0.1) is 11.5 Å². The average molecular weight is 274 g/mol. The van der Waals surface area contributed by atoms with Gasteiger partial charge in [0.15, 0.2) is 15.0 Å². The molecule has 17 heavy (non-hydrogen) atoms. The van der Waals surface area contributed by atoms with Crippen LogP contribution >= 0.6 is 11.8 Å². The highest BCUT2D eigenvalue weighted by molar-refractivity contribution is 7.98. The van der Waals surface area contributed by atoms with Crippen LogP contribution in [0.4, 0.5) is 11.6 Å². The SMILES string of the molecule is CSc1nc(N)cc(NC2CCS(=O)(=O)C2)n1. The van der Waals surface area contributed by atoms with Crippen molar-refractivity contribution in [3.8, 4) is 0 Å². The van der Waals surface area contributed by atoms with E-state index in [0.717, 1.165) is 0 Å². The van der Waals surface area contributed by atoms with Crippen LogP contribution in [0.2, 0.25) is 0 Å². The highest BCUT2D eigenvalue weighted by Crippen LogP contribution is 2.19. The van der Waals surface area contributed by atoms with Gasteiger partial charge in [-0.2, -0.15) is 0 Å². The van der Waals surface area contributed by atoms with Crippen LogP contribution in [0.15, 0.2) is 11.2 Å². The van der Waals surface area contributed by atoms with Gasteiger partial charge in [0.2, 0.25) is 0 Å². The number of nitrogens with one attached hydrogen (secondary N) is 1. The van der Waals surface area contributed by atoms with Crippen molar-refractivity contribution >= 4 is 33.2 Å². The first kappa shape index (κ1) is 12.4. The van der Waals surface area contributed by atoms with Crippen molar-refractivity contribution in [3.05, 3.63) is 6.07 Å². The lowest BCUT2D eigenvalue weighted by Crippen LogP contribution is -2.21. The third kappa shape index (κ3) is 3.22. The van der Waals surface area contributed by atoms with Crippen molar-refractivity contribution < 1.29 is 8.42 Å². The first-order valence-corrected chi connectivity index (χ1v) is 8.18. The summed E-state index contributed by atoms with van der Waals surface area (Å²) in [5.74, 6) is 1.36. The zero-order chi connectivity index (χ0) is 12.5. The average Bonchev–Trinajstić information content (AvgIpc) is 2.57. The minimum Gasteiger partial charge on any atom is -0.383 e. The Hall–Kier alpha value is -1.02. The molecule has 0 aromatic carbocycles. The molecule has 0 spiro atoms. The molecule has 0 amide bonds. The second-order valence-corrected chi connectivity index (χ2v) is 6.91. The summed E-state index contributed by atoms with van der Waals surface area (Å²) in [5, 5.41) is 3.67. The predicted octanol–water partition coefficient (Wildman–Crippen LogP) is 0.380. The van der Waals surface area contributed by atoms with E-state index in [4.69, 9.17) is 5.73 Å². The van der Waals surface area contributed by atoms with Crippen molar-refractivity contribution in [1.29, 1.82) is 0 Å². The Labute approximate surface area is 104 Å².